The number of pyridine rings is 1. The van der Waals surface area contributed by atoms with Crippen LogP contribution < -0.4 is 4.74 Å². The molecular formula is C12H10BrNO. The van der Waals surface area contributed by atoms with Crippen molar-refractivity contribution in [3.8, 4) is 5.75 Å². The minimum atomic E-state index is 0.855. The molecule has 1 aromatic heterocycles. The van der Waals surface area contributed by atoms with Gasteiger partial charge in [-0.1, -0.05) is 22.0 Å². The van der Waals surface area contributed by atoms with Crippen molar-refractivity contribution in [2.24, 2.45) is 0 Å². The van der Waals surface area contributed by atoms with Crippen LogP contribution in [0.2, 0.25) is 0 Å². The van der Waals surface area contributed by atoms with E-state index in [2.05, 4.69) is 20.9 Å². The van der Waals surface area contributed by atoms with E-state index in [0.29, 0.717) is 0 Å². The first-order chi connectivity index (χ1) is 7.33. The third-order valence-electron chi connectivity index (χ3n) is 2.15. The van der Waals surface area contributed by atoms with Gasteiger partial charge in [-0.2, -0.15) is 0 Å². The first-order valence-electron chi connectivity index (χ1n) is 4.55. The van der Waals surface area contributed by atoms with Crippen LogP contribution in [0.5, 0.6) is 5.75 Å². The minimum Gasteiger partial charge on any atom is -0.497 e. The molecule has 3 heteroatoms. The number of hydrogen-bond acceptors (Lipinski definition) is 2. The molecule has 2 nitrogen and oxygen atoms in total. The zero-order valence-electron chi connectivity index (χ0n) is 8.27. The van der Waals surface area contributed by atoms with E-state index in [1.807, 2.05) is 36.4 Å². The molecule has 0 unspecified atom stereocenters. The molecule has 76 valence electrons. The molecule has 0 bridgehead atoms. The Balaban J connectivity index is 2.54. The van der Waals surface area contributed by atoms with Gasteiger partial charge in [0.25, 0.3) is 0 Å². The van der Waals surface area contributed by atoms with Gasteiger partial charge in [0.2, 0.25) is 0 Å². The van der Waals surface area contributed by atoms with Crippen molar-refractivity contribution < 1.29 is 4.74 Å². The Morgan fingerprint density at radius 2 is 2.13 bits per heavy atom. The predicted molar refractivity (Wildman–Crippen MR) is 66.3 cm³/mol. The number of ether oxygens (including phenoxy) is 1. The second-order valence-corrected chi connectivity index (χ2v) is 3.62. The van der Waals surface area contributed by atoms with Gasteiger partial charge in [-0.05, 0) is 35.3 Å². The standard InChI is InChI=1S/C12H10BrNO/c1-15-11-4-5-12-9(8-11)2-3-10(14-12)6-7-13/h2-8H,1H3/b7-6-. The normalized spacial score (nSPS) is 11.1. The molecule has 0 amide bonds. The molecule has 1 aromatic carbocycles. The largest absolute Gasteiger partial charge is 0.497 e. The van der Waals surface area contributed by atoms with Crippen molar-refractivity contribution >= 4 is 32.9 Å². The van der Waals surface area contributed by atoms with Crippen LogP contribution in [0.15, 0.2) is 35.3 Å². The summed E-state index contributed by atoms with van der Waals surface area (Å²) in [6, 6.07) is 9.85. The van der Waals surface area contributed by atoms with E-state index in [0.717, 1.165) is 22.3 Å². The summed E-state index contributed by atoms with van der Waals surface area (Å²) in [4.78, 5) is 6.26. The number of rotatable bonds is 2. The number of nitrogens with zero attached hydrogens (tertiary/aromatic N) is 1. The summed E-state index contributed by atoms with van der Waals surface area (Å²) in [7, 11) is 1.66. The Bertz CT molecular complexity index is 508. The zero-order valence-corrected chi connectivity index (χ0v) is 9.86. The van der Waals surface area contributed by atoms with Crippen molar-refractivity contribution in [3.05, 3.63) is 41.0 Å². The lowest BCUT2D eigenvalue weighted by Crippen LogP contribution is -1.85. The van der Waals surface area contributed by atoms with Crippen LogP contribution in [0.4, 0.5) is 0 Å². The van der Waals surface area contributed by atoms with Crippen molar-refractivity contribution in [2.75, 3.05) is 7.11 Å². The van der Waals surface area contributed by atoms with E-state index in [-0.39, 0.29) is 0 Å². The molecule has 0 fully saturated rings. The SMILES string of the molecule is COc1ccc2nc(/C=C\Br)ccc2c1. The molecule has 0 spiro atoms. The molecule has 2 rings (SSSR count). The summed E-state index contributed by atoms with van der Waals surface area (Å²) < 4.78 is 5.15. The number of fused-ring (bicyclic) bond motifs is 1. The van der Waals surface area contributed by atoms with Gasteiger partial charge < -0.3 is 4.74 Å². The third-order valence-corrected chi connectivity index (χ3v) is 2.42. The Morgan fingerprint density at radius 1 is 1.27 bits per heavy atom. The lowest BCUT2D eigenvalue weighted by atomic mass is 10.2. The molecule has 0 saturated heterocycles. The number of benzene rings is 1. The van der Waals surface area contributed by atoms with Gasteiger partial charge in [0.05, 0.1) is 18.3 Å². The quantitative estimate of drug-likeness (QED) is 0.826. The van der Waals surface area contributed by atoms with E-state index in [1.165, 1.54) is 0 Å². The number of halogens is 1. The second-order valence-electron chi connectivity index (χ2n) is 3.09. The molecular weight excluding hydrogens is 254 g/mol. The van der Waals surface area contributed by atoms with Gasteiger partial charge in [-0.25, -0.2) is 4.98 Å². The molecule has 15 heavy (non-hydrogen) atoms. The fraction of sp³-hybridized carbons (Fsp3) is 0.0833. The highest BCUT2D eigenvalue weighted by atomic mass is 79.9. The van der Waals surface area contributed by atoms with Crippen molar-refractivity contribution in [2.45, 2.75) is 0 Å². The van der Waals surface area contributed by atoms with Crippen LogP contribution in [-0.4, -0.2) is 12.1 Å². The fourth-order valence-electron chi connectivity index (χ4n) is 1.40. The van der Waals surface area contributed by atoms with Crippen LogP contribution in [-0.2, 0) is 0 Å². The Kier molecular flexibility index (Phi) is 3.02. The maximum absolute atomic E-state index is 5.15. The average molecular weight is 264 g/mol. The molecule has 1 heterocycles. The number of hydrogen-bond donors (Lipinski definition) is 0. The highest BCUT2D eigenvalue weighted by molar-refractivity contribution is 9.11. The zero-order chi connectivity index (χ0) is 10.7. The summed E-state index contributed by atoms with van der Waals surface area (Å²) in [5, 5.41) is 1.08. The Morgan fingerprint density at radius 3 is 2.87 bits per heavy atom. The lowest BCUT2D eigenvalue weighted by molar-refractivity contribution is 0.415. The van der Waals surface area contributed by atoms with Crippen molar-refractivity contribution in [1.82, 2.24) is 4.98 Å². The summed E-state index contributed by atoms with van der Waals surface area (Å²) in [5.74, 6) is 0.855. The Labute approximate surface area is 96.7 Å². The second kappa shape index (κ2) is 4.45. The summed E-state index contributed by atoms with van der Waals surface area (Å²) in [6.07, 6.45) is 1.91. The molecule has 0 aliphatic rings. The van der Waals surface area contributed by atoms with E-state index in [1.54, 1.807) is 12.1 Å². The highest BCUT2D eigenvalue weighted by Crippen LogP contribution is 2.19. The van der Waals surface area contributed by atoms with Crippen LogP contribution in [0, 0.1) is 0 Å². The monoisotopic (exact) mass is 263 g/mol. The molecule has 0 saturated carbocycles. The van der Waals surface area contributed by atoms with Gasteiger partial charge in [0, 0.05) is 5.39 Å². The lowest BCUT2D eigenvalue weighted by Gasteiger charge is -2.02. The highest BCUT2D eigenvalue weighted by Gasteiger charge is 1.97. The predicted octanol–water partition coefficient (Wildman–Crippen LogP) is 3.61. The molecule has 0 atom stereocenters. The van der Waals surface area contributed by atoms with Gasteiger partial charge in [-0.15, -0.1) is 0 Å². The van der Waals surface area contributed by atoms with E-state index in [9.17, 15) is 0 Å². The van der Waals surface area contributed by atoms with Gasteiger partial charge >= 0.3 is 0 Å². The maximum atomic E-state index is 5.15. The smallest absolute Gasteiger partial charge is 0.119 e. The summed E-state index contributed by atoms with van der Waals surface area (Å²) >= 11 is 3.23. The van der Waals surface area contributed by atoms with Crippen LogP contribution in [0.25, 0.3) is 17.0 Å². The van der Waals surface area contributed by atoms with Crippen LogP contribution in [0.1, 0.15) is 5.69 Å². The van der Waals surface area contributed by atoms with E-state index < -0.39 is 0 Å². The minimum absolute atomic E-state index is 0.855. The summed E-state index contributed by atoms with van der Waals surface area (Å²) in [5.41, 5.74) is 1.91. The number of aromatic nitrogens is 1. The van der Waals surface area contributed by atoms with E-state index in [4.69, 9.17) is 4.74 Å². The van der Waals surface area contributed by atoms with Gasteiger partial charge in [0.15, 0.2) is 0 Å². The first-order valence-corrected chi connectivity index (χ1v) is 5.46. The van der Waals surface area contributed by atoms with Gasteiger partial charge in [-0.3, -0.25) is 0 Å². The molecule has 2 aromatic rings. The van der Waals surface area contributed by atoms with E-state index >= 15 is 0 Å². The summed E-state index contributed by atoms with van der Waals surface area (Å²) in [6.45, 7) is 0. The molecule has 0 aliphatic heterocycles. The van der Waals surface area contributed by atoms with Gasteiger partial charge in [0.1, 0.15) is 5.75 Å². The molecule has 0 N–H and O–H groups in total. The number of methoxy groups -OCH3 is 1. The van der Waals surface area contributed by atoms with Crippen LogP contribution >= 0.6 is 15.9 Å². The third kappa shape index (κ3) is 2.18. The van der Waals surface area contributed by atoms with Crippen LogP contribution in [0.3, 0.4) is 0 Å². The van der Waals surface area contributed by atoms with Crippen molar-refractivity contribution in [3.63, 3.8) is 0 Å². The maximum Gasteiger partial charge on any atom is 0.119 e. The molecule has 0 radical (unpaired) electrons. The fourth-order valence-corrected chi connectivity index (χ4v) is 1.67. The topological polar surface area (TPSA) is 22.1 Å². The molecule has 0 aliphatic carbocycles. The van der Waals surface area contributed by atoms with Crippen molar-refractivity contribution in [1.29, 1.82) is 0 Å². The Hall–Kier alpha value is -1.35. The average Bonchev–Trinajstić information content (AvgIpc) is 2.29. The first kappa shape index (κ1) is 10.2.